The average molecular weight is 401 g/mol. The zero-order valence-electron chi connectivity index (χ0n) is 16.4. The summed E-state index contributed by atoms with van der Waals surface area (Å²) in [7, 11) is -3.13. The molecule has 0 atom stereocenters. The van der Waals surface area contributed by atoms with Crippen molar-refractivity contribution in [2.45, 2.75) is 30.6 Å². The van der Waals surface area contributed by atoms with Crippen molar-refractivity contribution in [1.29, 1.82) is 0 Å². The maximum Gasteiger partial charge on any atom is 0.175 e. The smallest absolute Gasteiger partial charge is 0.175 e. The number of hydrogen-bond donors (Lipinski definition) is 0. The monoisotopic (exact) mass is 400 g/mol. The Morgan fingerprint density at radius 2 is 1.43 bits per heavy atom. The molecular formula is C21H28N4O2S. The SMILES string of the molecule is CS(=O)(=O)c1ccc(N2CCC(C3CCN(c4cnccn4)CC3)CC2)cc1. The minimum Gasteiger partial charge on any atom is -0.372 e. The van der Waals surface area contributed by atoms with E-state index in [0.29, 0.717) is 4.90 Å². The van der Waals surface area contributed by atoms with Crippen molar-refractivity contribution in [2.24, 2.45) is 11.8 Å². The third-order valence-electron chi connectivity index (χ3n) is 6.25. The van der Waals surface area contributed by atoms with Gasteiger partial charge in [0.25, 0.3) is 0 Å². The summed E-state index contributed by atoms with van der Waals surface area (Å²) in [6, 6.07) is 7.32. The molecule has 0 bridgehead atoms. The molecule has 4 rings (SSSR count). The Labute approximate surface area is 167 Å². The van der Waals surface area contributed by atoms with E-state index in [1.807, 2.05) is 18.3 Å². The molecule has 2 aliphatic heterocycles. The second kappa shape index (κ2) is 8.07. The molecule has 150 valence electrons. The first kappa shape index (κ1) is 19.2. The highest BCUT2D eigenvalue weighted by Gasteiger charge is 2.30. The van der Waals surface area contributed by atoms with E-state index in [0.717, 1.165) is 49.5 Å². The topological polar surface area (TPSA) is 66.4 Å². The normalized spacial score (nSPS) is 19.8. The minimum atomic E-state index is -3.13. The van der Waals surface area contributed by atoms with Crippen LogP contribution in [0.2, 0.25) is 0 Å². The van der Waals surface area contributed by atoms with Gasteiger partial charge in [-0.1, -0.05) is 0 Å². The summed E-state index contributed by atoms with van der Waals surface area (Å²) in [6.45, 7) is 4.23. The van der Waals surface area contributed by atoms with Gasteiger partial charge in [-0.25, -0.2) is 13.4 Å². The van der Waals surface area contributed by atoms with Crippen LogP contribution in [0.3, 0.4) is 0 Å². The highest BCUT2D eigenvalue weighted by Crippen LogP contribution is 2.34. The van der Waals surface area contributed by atoms with Crippen molar-refractivity contribution in [1.82, 2.24) is 9.97 Å². The molecule has 2 aliphatic rings. The Morgan fingerprint density at radius 3 is 1.93 bits per heavy atom. The predicted molar refractivity (Wildman–Crippen MR) is 111 cm³/mol. The Bertz CT molecular complexity index is 870. The van der Waals surface area contributed by atoms with Crippen molar-refractivity contribution < 1.29 is 8.42 Å². The Balaban J connectivity index is 1.29. The van der Waals surface area contributed by atoms with Gasteiger partial charge in [-0.15, -0.1) is 0 Å². The highest BCUT2D eigenvalue weighted by atomic mass is 32.2. The van der Waals surface area contributed by atoms with Crippen LogP contribution in [-0.2, 0) is 9.84 Å². The largest absolute Gasteiger partial charge is 0.372 e. The summed E-state index contributed by atoms with van der Waals surface area (Å²) >= 11 is 0. The Hall–Kier alpha value is -2.15. The number of benzene rings is 1. The summed E-state index contributed by atoms with van der Waals surface area (Å²) in [4.78, 5) is 13.7. The number of nitrogens with zero attached hydrogens (tertiary/aromatic N) is 4. The molecule has 1 aromatic heterocycles. The number of aromatic nitrogens is 2. The van der Waals surface area contributed by atoms with Crippen LogP contribution in [0, 0.1) is 11.8 Å². The molecule has 3 heterocycles. The van der Waals surface area contributed by atoms with E-state index in [-0.39, 0.29) is 0 Å². The molecule has 0 unspecified atom stereocenters. The molecule has 0 radical (unpaired) electrons. The van der Waals surface area contributed by atoms with Crippen LogP contribution in [-0.4, -0.2) is 50.8 Å². The first-order valence-electron chi connectivity index (χ1n) is 10.1. The molecule has 0 N–H and O–H groups in total. The van der Waals surface area contributed by atoms with Gasteiger partial charge in [-0.3, -0.25) is 4.98 Å². The van der Waals surface area contributed by atoms with E-state index in [4.69, 9.17) is 0 Å². The highest BCUT2D eigenvalue weighted by molar-refractivity contribution is 7.90. The van der Waals surface area contributed by atoms with E-state index in [1.165, 1.54) is 31.9 Å². The number of hydrogen-bond acceptors (Lipinski definition) is 6. The van der Waals surface area contributed by atoms with Gasteiger partial charge >= 0.3 is 0 Å². The van der Waals surface area contributed by atoms with Crippen LogP contribution in [0.4, 0.5) is 11.5 Å². The first-order chi connectivity index (χ1) is 13.5. The molecule has 28 heavy (non-hydrogen) atoms. The van der Waals surface area contributed by atoms with Crippen LogP contribution in [0.5, 0.6) is 0 Å². The van der Waals surface area contributed by atoms with Crippen LogP contribution in [0.15, 0.2) is 47.8 Å². The lowest BCUT2D eigenvalue weighted by Gasteiger charge is -2.41. The van der Waals surface area contributed by atoms with Gasteiger partial charge in [0.2, 0.25) is 0 Å². The van der Waals surface area contributed by atoms with E-state index in [2.05, 4.69) is 19.8 Å². The van der Waals surface area contributed by atoms with Crippen molar-refractivity contribution in [3.05, 3.63) is 42.9 Å². The lowest BCUT2D eigenvalue weighted by molar-refractivity contribution is 0.233. The maximum absolute atomic E-state index is 11.6. The molecule has 0 saturated carbocycles. The number of sulfone groups is 1. The molecule has 6 nitrogen and oxygen atoms in total. The minimum absolute atomic E-state index is 0.390. The van der Waals surface area contributed by atoms with E-state index in [1.54, 1.807) is 24.5 Å². The molecule has 0 amide bonds. The van der Waals surface area contributed by atoms with Gasteiger partial charge in [-0.2, -0.15) is 0 Å². The molecule has 0 spiro atoms. The van der Waals surface area contributed by atoms with Gasteiger partial charge in [0, 0.05) is 50.5 Å². The first-order valence-corrected chi connectivity index (χ1v) is 12.0. The predicted octanol–water partition coefficient (Wildman–Crippen LogP) is 3.01. The summed E-state index contributed by atoms with van der Waals surface area (Å²) in [5.74, 6) is 2.58. The molecular weight excluding hydrogens is 372 g/mol. The standard InChI is InChI=1S/C21H28N4O2S/c1-28(26,27)20-4-2-19(3-5-20)24-12-6-17(7-13-24)18-8-14-25(15-9-18)21-16-22-10-11-23-21/h2-5,10-11,16-18H,6-9,12-15H2,1H3. The molecule has 2 fully saturated rings. The lowest BCUT2D eigenvalue weighted by atomic mass is 9.78. The fourth-order valence-corrected chi connectivity index (χ4v) is 5.22. The molecule has 2 aromatic rings. The van der Waals surface area contributed by atoms with E-state index in [9.17, 15) is 8.42 Å². The van der Waals surface area contributed by atoms with Gasteiger partial charge in [0.1, 0.15) is 5.82 Å². The van der Waals surface area contributed by atoms with Crippen LogP contribution in [0.1, 0.15) is 25.7 Å². The summed E-state index contributed by atoms with van der Waals surface area (Å²) in [5, 5.41) is 0. The van der Waals surface area contributed by atoms with Crippen LogP contribution >= 0.6 is 0 Å². The van der Waals surface area contributed by atoms with Crippen molar-refractivity contribution in [2.75, 3.05) is 42.2 Å². The Kier molecular flexibility index (Phi) is 5.53. The van der Waals surface area contributed by atoms with Crippen molar-refractivity contribution in [3.8, 4) is 0 Å². The second-order valence-corrected chi connectivity index (χ2v) is 9.99. The average Bonchev–Trinajstić information content (AvgIpc) is 2.74. The maximum atomic E-state index is 11.6. The van der Waals surface area contributed by atoms with Gasteiger partial charge in [0.05, 0.1) is 11.1 Å². The van der Waals surface area contributed by atoms with Crippen molar-refractivity contribution >= 4 is 21.3 Å². The quantitative estimate of drug-likeness (QED) is 0.786. The molecule has 0 aliphatic carbocycles. The fraction of sp³-hybridized carbons (Fsp3) is 0.524. The van der Waals surface area contributed by atoms with Gasteiger partial charge in [-0.05, 0) is 61.8 Å². The summed E-state index contributed by atoms with van der Waals surface area (Å²) in [6.07, 6.45) is 11.5. The van der Waals surface area contributed by atoms with E-state index < -0.39 is 9.84 Å². The number of anilines is 2. The molecule has 1 aromatic carbocycles. The Morgan fingerprint density at radius 1 is 0.857 bits per heavy atom. The van der Waals surface area contributed by atoms with E-state index >= 15 is 0 Å². The third-order valence-corrected chi connectivity index (χ3v) is 7.38. The third kappa shape index (κ3) is 4.29. The number of piperidine rings is 2. The zero-order chi connectivity index (χ0) is 19.6. The van der Waals surface area contributed by atoms with Gasteiger partial charge in [0.15, 0.2) is 9.84 Å². The second-order valence-electron chi connectivity index (χ2n) is 7.98. The fourth-order valence-electron chi connectivity index (χ4n) is 4.59. The summed E-state index contributed by atoms with van der Waals surface area (Å²) < 4.78 is 23.3. The zero-order valence-corrected chi connectivity index (χ0v) is 17.2. The van der Waals surface area contributed by atoms with Crippen LogP contribution < -0.4 is 9.80 Å². The van der Waals surface area contributed by atoms with Crippen molar-refractivity contribution in [3.63, 3.8) is 0 Å². The number of rotatable bonds is 4. The van der Waals surface area contributed by atoms with Crippen LogP contribution in [0.25, 0.3) is 0 Å². The molecule has 2 saturated heterocycles. The lowest BCUT2D eigenvalue weighted by Crippen LogP contribution is -2.41. The summed E-state index contributed by atoms with van der Waals surface area (Å²) in [5.41, 5.74) is 1.13. The van der Waals surface area contributed by atoms with Gasteiger partial charge < -0.3 is 9.80 Å². The molecule has 7 heteroatoms.